The van der Waals surface area contributed by atoms with Crippen molar-refractivity contribution in [2.75, 3.05) is 18.5 Å². The Balaban J connectivity index is 1.37. The lowest BCUT2D eigenvalue weighted by Crippen LogP contribution is -2.52. The van der Waals surface area contributed by atoms with Gasteiger partial charge in [0.25, 0.3) is 11.5 Å². The number of aliphatic imine (C=N–C) groups is 1. The van der Waals surface area contributed by atoms with Gasteiger partial charge in [0.1, 0.15) is 17.5 Å². The molecule has 2 amide bonds. The van der Waals surface area contributed by atoms with Crippen LogP contribution in [0.3, 0.4) is 0 Å². The highest BCUT2D eigenvalue weighted by Gasteiger charge is 2.58. The van der Waals surface area contributed by atoms with E-state index in [1.54, 1.807) is 12.3 Å². The first-order chi connectivity index (χ1) is 19.6. The zero-order chi connectivity index (χ0) is 29.1. The summed E-state index contributed by atoms with van der Waals surface area (Å²) >= 11 is 0. The molecule has 13 heteroatoms. The van der Waals surface area contributed by atoms with Gasteiger partial charge in [0, 0.05) is 40.9 Å². The second-order valence-corrected chi connectivity index (χ2v) is 10.7. The molecule has 2 aromatic heterocycles. The van der Waals surface area contributed by atoms with Gasteiger partial charge in [-0.3, -0.25) is 23.9 Å². The minimum Gasteiger partial charge on any atom is -0.493 e. The molecule has 1 fully saturated rings. The minimum absolute atomic E-state index is 0.0950. The maximum absolute atomic E-state index is 14.5. The first-order valence-electron chi connectivity index (χ1n) is 13.0. The Morgan fingerprint density at radius 3 is 2.51 bits per heavy atom. The summed E-state index contributed by atoms with van der Waals surface area (Å²) in [5.41, 5.74) is 1.96. The van der Waals surface area contributed by atoms with Crippen LogP contribution in [0.1, 0.15) is 54.4 Å². The minimum atomic E-state index is -1.27. The molecule has 1 aromatic carbocycles. The average molecular weight is 565 g/mol. The lowest BCUT2D eigenvalue weighted by molar-refractivity contribution is -0.119. The zero-order valence-electron chi connectivity index (χ0n) is 22.5. The molecule has 3 aliphatic rings. The van der Waals surface area contributed by atoms with E-state index in [0.717, 1.165) is 23.4 Å². The molecule has 2 N–H and O–H groups in total. The Bertz CT molecular complexity index is 1720. The molecule has 1 unspecified atom stereocenters. The highest BCUT2D eigenvalue weighted by molar-refractivity contribution is 6.19. The van der Waals surface area contributed by atoms with E-state index in [0.29, 0.717) is 25.1 Å². The van der Waals surface area contributed by atoms with Crippen LogP contribution in [0.15, 0.2) is 50.5 Å². The summed E-state index contributed by atoms with van der Waals surface area (Å²) in [5, 5.41) is 12.7. The molecule has 2 atom stereocenters. The molecule has 2 aliphatic heterocycles. The smallest absolute Gasteiger partial charge is 0.276 e. The first kappa shape index (κ1) is 26.5. The van der Waals surface area contributed by atoms with Gasteiger partial charge in [-0.25, -0.2) is 13.4 Å². The fourth-order valence-electron chi connectivity index (χ4n) is 5.69. The summed E-state index contributed by atoms with van der Waals surface area (Å²) in [5.74, 6) is -4.25. The van der Waals surface area contributed by atoms with E-state index >= 15 is 0 Å². The van der Waals surface area contributed by atoms with Crippen molar-refractivity contribution in [3.63, 3.8) is 0 Å². The largest absolute Gasteiger partial charge is 0.493 e. The maximum atomic E-state index is 14.5. The van der Waals surface area contributed by atoms with E-state index in [1.807, 2.05) is 13.8 Å². The highest BCUT2D eigenvalue weighted by Crippen LogP contribution is 2.61. The molecule has 6 rings (SSSR count). The number of anilines is 1. The number of hydrogen-bond donors (Lipinski definition) is 2. The maximum Gasteiger partial charge on any atom is 0.276 e. The van der Waals surface area contributed by atoms with Gasteiger partial charge < -0.3 is 15.4 Å². The third kappa shape index (κ3) is 4.60. The van der Waals surface area contributed by atoms with Gasteiger partial charge in [-0.15, -0.1) is 0 Å². The van der Waals surface area contributed by atoms with Crippen molar-refractivity contribution in [2.45, 2.75) is 45.6 Å². The van der Waals surface area contributed by atoms with E-state index in [-0.39, 0.29) is 40.6 Å². The first-order valence-corrected chi connectivity index (χ1v) is 13.0. The van der Waals surface area contributed by atoms with E-state index in [4.69, 9.17) is 4.74 Å². The molecule has 212 valence electrons. The van der Waals surface area contributed by atoms with Gasteiger partial charge >= 0.3 is 0 Å². The van der Waals surface area contributed by atoms with Crippen LogP contribution in [0.25, 0.3) is 5.70 Å². The number of rotatable bonds is 6. The lowest BCUT2D eigenvalue weighted by atomic mass is 9.75. The fourth-order valence-corrected chi connectivity index (χ4v) is 5.69. The van der Waals surface area contributed by atoms with Crippen molar-refractivity contribution in [1.82, 2.24) is 20.2 Å². The molecule has 0 saturated heterocycles. The number of fused-ring (bicyclic) bond motifs is 1. The van der Waals surface area contributed by atoms with Gasteiger partial charge in [0.05, 0.1) is 24.6 Å². The van der Waals surface area contributed by atoms with Crippen LogP contribution in [0, 0.1) is 24.0 Å². The predicted molar refractivity (Wildman–Crippen MR) is 143 cm³/mol. The number of amides is 2. The van der Waals surface area contributed by atoms with Crippen molar-refractivity contribution < 1.29 is 27.7 Å². The molecule has 3 aromatic rings. The molecular weight excluding hydrogens is 538 g/mol. The summed E-state index contributed by atoms with van der Waals surface area (Å²) in [6.07, 6.45) is 2.83. The van der Waals surface area contributed by atoms with E-state index in [2.05, 4.69) is 30.6 Å². The third-order valence-corrected chi connectivity index (χ3v) is 7.95. The highest BCUT2D eigenvalue weighted by atomic mass is 19.2. The van der Waals surface area contributed by atoms with Gasteiger partial charge in [0.15, 0.2) is 17.3 Å². The van der Waals surface area contributed by atoms with Crippen LogP contribution in [-0.4, -0.2) is 51.6 Å². The summed E-state index contributed by atoms with van der Waals surface area (Å²) in [7, 11) is 0. The number of benzene rings is 1. The molecule has 1 saturated carbocycles. The number of nitrogens with zero attached hydrogens (tertiary/aromatic N) is 4. The Hall–Kier alpha value is -4.68. The number of halogens is 2. The van der Waals surface area contributed by atoms with Gasteiger partial charge in [-0.1, -0.05) is 5.16 Å². The molecule has 1 spiro atoms. The van der Waals surface area contributed by atoms with Crippen LogP contribution >= 0.6 is 0 Å². The van der Waals surface area contributed by atoms with Crippen molar-refractivity contribution >= 4 is 28.9 Å². The molecule has 0 bridgehead atoms. The SMILES string of the molecule is CC1=NCC(C)=C1n1ccc(NC(=O)[C@@H](NC(=O)c2nonc2C)C2c3cc(F)c(F)cc3OCC23CC3)cc1=O. The van der Waals surface area contributed by atoms with E-state index in [1.165, 1.54) is 17.6 Å². The van der Waals surface area contributed by atoms with Crippen LogP contribution < -0.4 is 20.9 Å². The molecule has 4 heterocycles. The number of allylic oxidation sites excluding steroid dienone is 1. The molecule has 1 aliphatic carbocycles. The molecule has 0 radical (unpaired) electrons. The monoisotopic (exact) mass is 564 g/mol. The van der Waals surface area contributed by atoms with Crippen molar-refractivity contribution in [3.8, 4) is 5.75 Å². The second kappa shape index (κ2) is 9.75. The summed E-state index contributed by atoms with van der Waals surface area (Å²) in [6.45, 7) is 5.90. The number of hydrogen-bond acceptors (Lipinski definition) is 8. The Morgan fingerprint density at radius 1 is 1.12 bits per heavy atom. The van der Waals surface area contributed by atoms with E-state index in [9.17, 15) is 23.2 Å². The topological polar surface area (TPSA) is 141 Å². The number of ether oxygens (including phenoxy) is 1. The quantitative estimate of drug-likeness (QED) is 0.468. The normalized spacial score (nSPS) is 19.3. The van der Waals surface area contributed by atoms with Crippen LogP contribution in [0.4, 0.5) is 14.5 Å². The summed E-state index contributed by atoms with van der Waals surface area (Å²) in [6, 6.07) is 3.52. The van der Waals surface area contributed by atoms with Crippen molar-refractivity contribution in [2.24, 2.45) is 10.4 Å². The number of aryl methyl sites for hydroxylation is 1. The zero-order valence-corrected chi connectivity index (χ0v) is 22.5. The van der Waals surface area contributed by atoms with Gasteiger partial charge in [0.2, 0.25) is 5.91 Å². The van der Waals surface area contributed by atoms with Crippen LogP contribution in [0.5, 0.6) is 5.75 Å². The van der Waals surface area contributed by atoms with Crippen LogP contribution in [-0.2, 0) is 4.79 Å². The lowest BCUT2D eigenvalue weighted by Gasteiger charge is -2.38. The molecular formula is C28H26F2N6O5. The molecule has 11 nitrogen and oxygen atoms in total. The van der Waals surface area contributed by atoms with Gasteiger partial charge in [-0.2, -0.15) is 0 Å². The number of nitrogens with one attached hydrogen (secondary N) is 2. The van der Waals surface area contributed by atoms with Gasteiger partial charge in [-0.05, 0) is 56.5 Å². The standard InChI is InChI=1S/C28H26F2N6O5/c1-13-11-31-15(3)25(13)36-7-4-16(8-21(36)37)32-27(39)24(33-26(38)23-14(2)34-41-35-23)22-17-9-18(29)19(30)10-20(17)40-12-28(22)5-6-28/h4,7-10,22,24H,5-6,11-12H2,1-3H3,(H,32,39)(H,33,38)/t22?,24-/m0/s1. The van der Waals surface area contributed by atoms with Crippen LogP contribution in [0.2, 0.25) is 0 Å². The average Bonchev–Trinajstić information content (AvgIpc) is 3.43. The van der Waals surface area contributed by atoms with E-state index < -0.39 is 40.8 Å². The van der Waals surface area contributed by atoms with Crippen molar-refractivity contribution in [3.05, 3.63) is 75.0 Å². The summed E-state index contributed by atoms with van der Waals surface area (Å²) in [4.78, 5) is 44.5. The predicted octanol–water partition coefficient (Wildman–Crippen LogP) is 3.22. The molecule has 41 heavy (non-hydrogen) atoms. The fraction of sp³-hybridized carbons (Fsp3) is 0.357. The Morgan fingerprint density at radius 2 is 1.88 bits per heavy atom. The van der Waals surface area contributed by atoms with Crippen molar-refractivity contribution in [1.29, 1.82) is 0 Å². The third-order valence-electron chi connectivity index (χ3n) is 7.95. The second-order valence-electron chi connectivity index (χ2n) is 10.7. The summed E-state index contributed by atoms with van der Waals surface area (Å²) < 4.78 is 40.4. The number of pyridine rings is 1. The Kier molecular flexibility index (Phi) is 6.31. The number of aromatic nitrogens is 3. The number of carbonyl (C=O) groups excluding carboxylic acids is 2. The Labute approximate surface area is 232 Å². The number of carbonyl (C=O) groups is 2.